The molecule has 5 aromatic heterocycles. The van der Waals surface area contributed by atoms with Crippen LogP contribution < -0.4 is 4.74 Å². The average molecular weight is 450 g/mol. The normalized spacial score (nSPS) is 11.4. The molecule has 166 valence electrons. The van der Waals surface area contributed by atoms with Crippen LogP contribution in [0, 0.1) is 12.7 Å². The van der Waals surface area contributed by atoms with E-state index in [1.165, 1.54) is 19.2 Å². The predicted octanol–water partition coefficient (Wildman–Crippen LogP) is 5.69. The quantitative estimate of drug-likeness (QED) is 0.360. The van der Waals surface area contributed by atoms with E-state index >= 15 is 0 Å². The molecule has 0 aliphatic rings. The first-order chi connectivity index (χ1) is 16.6. The van der Waals surface area contributed by atoms with Gasteiger partial charge in [0.05, 0.1) is 30.2 Å². The fraction of sp³-hybridized carbons (Fsp3) is 0.0769. The number of fused-ring (bicyclic) bond motifs is 2. The molecule has 0 amide bonds. The molecule has 2 N–H and O–H groups in total. The molecule has 0 unspecified atom stereocenters. The van der Waals surface area contributed by atoms with E-state index in [2.05, 4.69) is 30.1 Å². The molecule has 0 spiro atoms. The largest absolute Gasteiger partial charge is 0.497 e. The number of halogens is 1. The summed E-state index contributed by atoms with van der Waals surface area (Å²) in [6.07, 6.45) is 7.06. The minimum atomic E-state index is -0.362. The maximum atomic E-state index is 14.2. The van der Waals surface area contributed by atoms with Gasteiger partial charge in [0.15, 0.2) is 0 Å². The summed E-state index contributed by atoms with van der Waals surface area (Å²) in [7, 11) is 1.52. The molecule has 0 fully saturated rings. The first kappa shape index (κ1) is 20.0. The Balaban J connectivity index is 1.51. The van der Waals surface area contributed by atoms with Crippen LogP contribution in [0.2, 0.25) is 0 Å². The van der Waals surface area contributed by atoms with Crippen LogP contribution in [0.25, 0.3) is 55.7 Å². The van der Waals surface area contributed by atoms with Gasteiger partial charge in [0, 0.05) is 41.0 Å². The number of aromatic nitrogens is 6. The van der Waals surface area contributed by atoms with Gasteiger partial charge >= 0.3 is 0 Å². The number of hydrogen-bond acceptors (Lipinski definition) is 5. The van der Waals surface area contributed by atoms with E-state index in [0.29, 0.717) is 17.0 Å². The summed E-state index contributed by atoms with van der Waals surface area (Å²) < 4.78 is 19.4. The van der Waals surface area contributed by atoms with Crippen molar-refractivity contribution < 1.29 is 9.13 Å². The number of nitrogens with zero attached hydrogens (tertiary/aromatic N) is 4. The lowest BCUT2D eigenvalue weighted by Crippen LogP contribution is -1.88. The smallest absolute Gasteiger partial charge is 0.138 e. The summed E-state index contributed by atoms with van der Waals surface area (Å²) >= 11 is 0. The highest BCUT2D eigenvalue weighted by molar-refractivity contribution is 6.00. The summed E-state index contributed by atoms with van der Waals surface area (Å²) in [4.78, 5) is 16.7. The van der Waals surface area contributed by atoms with Crippen LogP contribution in [0.4, 0.5) is 4.39 Å². The molecule has 1 aromatic carbocycles. The predicted molar refractivity (Wildman–Crippen MR) is 129 cm³/mol. The third-order valence-electron chi connectivity index (χ3n) is 5.97. The number of aromatic amines is 2. The van der Waals surface area contributed by atoms with Gasteiger partial charge in [-0.05, 0) is 60.0 Å². The van der Waals surface area contributed by atoms with Crippen molar-refractivity contribution in [2.24, 2.45) is 0 Å². The Morgan fingerprint density at radius 3 is 2.68 bits per heavy atom. The minimum Gasteiger partial charge on any atom is -0.497 e. The van der Waals surface area contributed by atoms with Crippen LogP contribution in [0.15, 0.2) is 67.3 Å². The van der Waals surface area contributed by atoms with E-state index in [-0.39, 0.29) is 5.82 Å². The Labute approximate surface area is 193 Å². The molecule has 0 radical (unpaired) electrons. The number of rotatable bonds is 4. The van der Waals surface area contributed by atoms with Crippen LogP contribution in [-0.2, 0) is 0 Å². The molecule has 6 rings (SSSR count). The number of aryl methyl sites for hydroxylation is 1. The summed E-state index contributed by atoms with van der Waals surface area (Å²) in [6.45, 7) is 2.03. The van der Waals surface area contributed by atoms with Gasteiger partial charge in [-0.15, -0.1) is 0 Å². The van der Waals surface area contributed by atoms with Crippen molar-refractivity contribution in [1.29, 1.82) is 0 Å². The van der Waals surface area contributed by atoms with Gasteiger partial charge in [0.2, 0.25) is 0 Å². The molecular formula is C26H19FN6O. The Hall–Kier alpha value is -4.59. The zero-order valence-corrected chi connectivity index (χ0v) is 18.4. The highest BCUT2D eigenvalue weighted by atomic mass is 19.1. The topological polar surface area (TPSA) is 92.4 Å². The van der Waals surface area contributed by atoms with Crippen molar-refractivity contribution in [2.45, 2.75) is 6.92 Å². The van der Waals surface area contributed by atoms with Gasteiger partial charge in [-0.3, -0.25) is 15.1 Å². The zero-order valence-electron chi connectivity index (χ0n) is 18.4. The van der Waals surface area contributed by atoms with Crippen LogP contribution >= 0.6 is 0 Å². The monoisotopic (exact) mass is 450 g/mol. The second-order valence-electron chi connectivity index (χ2n) is 8.06. The first-order valence-electron chi connectivity index (χ1n) is 10.7. The summed E-state index contributed by atoms with van der Waals surface area (Å²) in [5.41, 5.74) is 7.49. The fourth-order valence-corrected chi connectivity index (χ4v) is 4.24. The number of ether oxygens (including phenoxy) is 1. The second-order valence-corrected chi connectivity index (χ2v) is 8.06. The second kappa shape index (κ2) is 7.77. The Bertz CT molecular complexity index is 1690. The van der Waals surface area contributed by atoms with E-state index in [1.54, 1.807) is 18.6 Å². The van der Waals surface area contributed by atoms with Gasteiger partial charge in [0.25, 0.3) is 0 Å². The maximum Gasteiger partial charge on any atom is 0.138 e. The summed E-state index contributed by atoms with van der Waals surface area (Å²) in [5.74, 6) is 0.0961. The molecule has 0 atom stereocenters. The molecule has 34 heavy (non-hydrogen) atoms. The highest BCUT2D eigenvalue weighted by Crippen LogP contribution is 2.35. The van der Waals surface area contributed by atoms with Crippen LogP contribution in [-0.4, -0.2) is 37.2 Å². The first-order valence-corrected chi connectivity index (χ1v) is 10.7. The molecular weight excluding hydrogens is 431 g/mol. The molecule has 6 aromatic rings. The molecule has 0 aliphatic carbocycles. The number of hydrogen-bond donors (Lipinski definition) is 2. The standard InChI is InChI=1S/C26H19FN6O/c1-14-3-5-28-12-21(14)22-11-20-24(13-30-22)32-33-25(20)23-10-19-18(4-6-29-26(19)31-23)15-7-16(27)9-17(8-15)34-2/h3-13H,1-2H3,(H,29,31)(H,32,33). The zero-order chi connectivity index (χ0) is 23.2. The third-order valence-corrected chi connectivity index (χ3v) is 5.97. The molecule has 0 saturated carbocycles. The Morgan fingerprint density at radius 2 is 1.82 bits per heavy atom. The SMILES string of the molecule is COc1cc(F)cc(-c2ccnc3[nH]c(-c4n[nH]c5cnc(-c6cnccc6C)cc45)cc23)c1. The molecule has 7 nitrogen and oxygen atoms in total. The molecule has 0 aliphatic heterocycles. The van der Waals surface area contributed by atoms with Gasteiger partial charge in [-0.25, -0.2) is 9.37 Å². The number of nitrogens with one attached hydrogen (secondary N) is 2. The Morgan fingerprint density at radius 1 is 0.912 bits per heavy atom. The van der Waals surface area contributed by atoms with Crippen molar-refractivity contribution in [3.05, 3.63) is 78.6 Å². The molecule has 5 heterocycles. The van der Waals surface area contributed by atoms with Crippen molar-refractivity contribution in [1.82, 2.24) is 30.1 Å². The molecule has 8 heteroatoms. The lowest BCUT2D eigenvalue weighted by atomic mass is 10.0. The molecule has 0 saturated heterocycles. The lowest BCUT2D eigenvalue weighted by Gasteiger charge is -2.06. The minimum absolute atomic E-state index is 0.362. The number of pyridine rings is 3. The average Bonchev–Trinajstić information content (AvgIpc) is 3.47. The van der Waals surface area contributed by atoms with E-state index in [1.807, 2.05) is 43.5 Å². The van der Waals surface area contributed by atoms with Crippen molar-refractivity contribution in [3.8, 4) is 39.5 Å². The lowest BCUT2D eigenvalue weighted by molar-refractivity contribution is 0.411. The van der Waals surface area contributed by atoms with E-state index in [4.69, 9.17) is 4.74 Å². The number of benzene rings is 1. The molecule has 0 bridgehead atoms. The van der Waals surface area contributed by atoms with Crippen molar-refractivity contribution >= 4 is 21.9 Å². The van der Waals surface area contributed by atoms with Crippen molar-refractivity contribution in [3.63, 3.8) is 0 Å². The van der Waals surface area contributed by atoms with E-state index in [0.717, 1.165) is 50.1 Å². The number of H-pyrrole nitrogens is 2. The van der Waals surface area contributed by atoms with Crippen LogP contribution in [0.5, 0.6) is 5.75 Å². The summed E-state index contributed by atoms with van der Waals surface area (Å²) in [6, 6.07) is 12.5. The van der Waals surface area contributed by atoms with E-state index in [9.17, 15) is 4.39 Å². The van der Waals surface area contributed by atoms with Crippen LogP contribution in [0.1, 0.15) is 5.56 Å². The van der Waals surface area contributed by atoms with Gasteiger partial charge < -0.3 is 9.72 Å². The van der Waals surface area contributed by atoms with Gasteiger partial charge in [-0.1, -0.05) is 0 Å². The summed E-state index contributed by atoms with van der Waals surface area (Å²) in [5, 5.41) is 9.39. The van der Waals surface area contributed by atoms with Crippen LogP contribution in [0.3, 0.4) is 0 Å². The van der Waals surface area contributed by atoms with Crippen molar-refractivity contribution in [2.75, 3.05) is 7.11 Å². The maximum absolute atomic E-state index is 14.2. The Kier molecular flexibility index (Phi) is 4.58. The van der Waals surface area contributed by atoms with Gasteiger partial charge in [0.1, 0.15) is 22.9 Å². The highest BCUT2D eigenvalue weighted by Gasteiger charge is 2.16. The van der Waals surface area contributed by atoms with Gasteiger partial charge in [-0.2, -0.15) is 5.10 Å². The fourth-order valence-electron chi connectivity index (χ4n) is 4.24. The third kappa shape index (κ3) is 3.27. The van der Waals surface area contributed by atoms with E-state index < -0.39 is 0 Å². The number of methoxy groups -OCH3 is 1.